The molecule has 1 saturated heterocycles. The van der Waals surface area contributed by atoms with Gasteiger partial charge in [-0.25, -0.2) is 4.79 Å². The number of ether oxygens (including phenoxy) is 1. The number of rotatable bonds is 7. The van der Waals surface area contributed by atoms with Crippen LogP contribution in [0.4, 0.5) is 4.79 Å². The van der Waals surface area contributed by atoms with Crippen molar-refractivity contribution in [3.63, 3.8) is 0 Å². The first-order valence-electron chi connectivity index (χ1n) is 8.54. The van der Waals surface area contributed by atoms with E-state index in [0.717, 1.165) is 45.2 Å². The maximum absolute atomic E-state index is 11.9. The summed E-state index contributed by atoms with van der Waals surface area (Å²) in [6.45, 7) is 16.3. The molecule has 0 saturated carbocycles. The van der Waals surface area contributed by atoms with E-state index in [1.165, 1.54) is 6.42 Å². The molecule has 1 unspecified atom stereocenters. The molecule has 0 aromatic rings. The van der Waals surface area contributed by atoms with E-state index >= 15 is 0 Å². The quantitative estimate of drug-likeness (QED) is 0.784. The van der Waals surface area contributed by atoms with Gasteiger partial charge >= 0.3 is 6.09 Å². The Balaban J connectivity index is 2.19. The standard InChI is InChI=1S/C17H35N3O2/c1-14(2)11-18-12-15-7-8-20(13-15)10-9-19(6)16(21)22-17(3,4)5/h14-15,18H,7-13H2,1-6H3. The van der Waals surface area contributed by atoms with Crippen LogP contribution in [0, 0.1) is 11.8 Å². The maximum Gasteiger partial charge on any atom is 0.410 e. The van der Waals surface area contributed by atoms with Crippen LogP contribution in [0.5, 0.6) is 0 Å². The van der Waals surface area contributed by atoms with Crippen LogP contribution in [0.2, 0.25) is 0 Å². The lowest BCUT2D eigenvalue weighted by molar-refractivity contribution is 0.0286. The molecule has 0 bridgehead atoms. The van der Waals surface area contributed by atoms with E-state index in [-0.39, 0.29) is 6.09 Å². The van der Waals surface area contributed by atoms with Crippen LogP contribution in [0.15, 0.2) is 0 Å². The molecule has 1 aliphatic heterocycles. The largest absolute Gasteiger partial charge is 0.444 e. The third-order valence-electron chi connectivity index (χ3n) is 3.81. The van der Waals surface area contributed by atoms with E-state index in [4.69, 9.17) is 4.74 Å². The summed E-state index contributed by atoms with van der Waals surface area (Å²) in [5.41, 5.74) is -0.424. The number of carbonyl (C=O) groups excluding carboxylic acids is 1. The van der Waals surface area contributed by atoms with E-state index < -0.39 is 5.60 Å². The molecular formula is C17H35N3O2. The Labute approximate surface area is 136 Å². The van der Waals surface area contributed by atoms with Gasteiger partial charge in [-0.15, -0.1) is 0 Å². The lowest BCUT2D eigenvalue weighted by Crippen LogP contribution is -2.39. The number of carbonyl (C=O) groups is 1. The first-order chi connectivity index (χ1) is 10.2. The van der Waals surface area contributed by atoms with Crippen molar-refractivity contribution in [3.8, 4) is 0 Å². The molecule has 0 spiro atoms. The van der Waals surface area contributed by atoms with Gasteiger partial charge in [-0.1, -0.05) is 13.8 Å². The molecule has 1 fully saturated rings. The van der Waals surface area contributed by atoms with Crippen LogP contribution in [0.25, 0.3) is 0 Å². The van der Waals surface area contributed by atoms with Gasteiger partial charge in [-0.2, -0.15) is 0 Å². The number of likely N-dealkylation sites (tertiary alicyclic amines) is 1. The van der Waals surface area contributed by atoms with Crippen molar-refractivity contribution in [2.75, 3.05) is 46.3 Å². The van der Waals surface area contributed by atoms with Crippen LogP contribution in [0.1, 0.15) is 41.0 Å². The molecule has 1 aliphatic rings. The number of hydrogen-bond acceptors (Lipinski definition) is 4. The molecule has 0 aromatic carbocycles. The average Bonchev–Trinajstić information content (AvgIpc) is 2.81. The van der Waals surface area contributed by atoms with Gasteiger partial charge in [0.05, 0.1) is 0 Å². The fraction of sp³-hybridized carbons (Fsp3) is 0.941. The Morgan fingerprint density at radius 3 is 2.68 bits per heavy atom. The predicted molar refractivity (Wildman–Crippen MR) is 91.1 cm³/mol. The number of nitrogens with zero attached hydrogens (tertiary/aromatic N) is 2. The lowest BCUT2D eigenvalue weighted by atomic mass is 10.1. The Bertz CT molecular complexity index is 339. The molecule has 1 amide bonds. The topological polar surface area (TPSA) is 44.8 Å². The Morgan fingerprint density at radius 2 is 2.09 bits per heavy atom. The van der Waals surface area contributed by atoms with Gasteiger partial charge in [0.25, 0.3) is 0 Å². The predicted octanol–water partition coefficient (Wildman–Crippen LogP) is 2.42. The van der Waals surface area contributed by atoms with Crippen LogP contribution in [-0.2, 0) is 4.74 Å². The second-order valence-electron chi connectivity index (χ2n) is 7.91. The molecule has 5 nitrogen and oxygen atoms in total. The van der Waals surface area contributed by atoms with Crippen LogP contribution < -0.4 is 5.32 Å². The smallest absolute Gasteiger partial charge is 0.410 e. The zero-order valence-electron chi connectivity index (χ0n) is 15.3. The fourth-order valence-corrected chi connectivity index (χ4v) is 2.58. The van der Waals surface area contributed by atoms with Crippen molar-refractivity contribution in [1.29, 1.82) is 0 Å². The average molecular weight is 313 g/mol. The normalized spacial score (nSPS) is 19.7. The van der Waals surface area contributed by atoms with E-state index in [9.17, 15) is 4.79 Å². The third kappa shape index (κ3) is 7.99. The molecule has 1 rings (SSSR count). The van der Waals surface area contributed by atoms with Crippen LogP contribution >= 0.6 is 0 Å². The van der Waals surface area contributed by atoms with Crippen molar-refractivity contribution in [2.24, 2.45) is 11.8 Å². The fourth-order valence-electron chi connectivity index (χ4n) is 2.58. The maximum atomic E-state index is 11.9. The number of hydrogen-bond donors (Lipinski definition) is 1. The number of amides is 1. The van der Waals surface area contributed by atoms with Crippen molar-refractivity contribution in [3.05, 3.63) is 0 Å². The summed E-state index contributed by atoms with van der Waals surface area (Å²) in [6.07, 6.45) is 1.02. The Hall–Kier alpha value is -0.810. The van der Waals surface area contributed by atoms with E-state index in [1.807, 2.05) is 27.8 Å². The molecule has 1 N–H and O–H groups in total. The van der Waals surface area contributed by atoms with Crippen molar-refractivity contribution >= 4 is 6.09 Å². The summed E-state index contributed by atoms with van der Waals surface area (Å²) in [5.74, 6) is 1.45. The lowest BCUT2D eigenvalue weighted by Gasteiger charge is -2.26. The van der Waals surface area contributed by atoms with E-state index in [2.05, 4.69) is 24.1 Å². The van der Waals surface area contributed by atoms with E-state index in [1.54, 1.807) is 4.90 Å². The van der Waals surface area contributed by atoms with Gasteiger partial charge in [0.2, 0.25) is 0 Å². The highest BCUT2D eigenvalue weighted by atomic mass is 16.6. The second kappa shape index (κ2) is 8.73. The SMILES string of the molecule is CC(C)CNCC1CCN(CCN(C)C(=O)OC(C)(C)C)C1. The van der Waals surface area contributed by atoms with Gasteiger partial charge in [-0.05, 0) is 58.7 Å². The molecule has 1 atom stereocenters. The molecule has 5 heteroatoms. The van der Waals surface area contributed by atoms with Gasteiger partial charge in [-0.3, -0.25) is 0 Å². The summed E-state index contributed by atoms with van der Waals surface area (Å²) in [6, 6.07) is 0. The Kier molecular flexibility index (Phi) is 7.63. The minimum Gasteiger partial charge on any atom is -0.444 e. The van der Waals surface area contributed by atoms with Crippen LogP contribution in [0.3, 0.4) is 0 Å². The minimum absolute atomic E-state index is 0.234. The molecule has 0 radical (unpaired) electrons. The highest BCUT2D eigenvalue weighted by Crippen LogP contribution is 2.15. The summed E-state index contributed by atoms with van der Waals surface area (Å²) in [5, 5.41) is 3.54. The summed E-state index contributed by atoms with van der Waals surface area (Å²) in [7, 11) is 1.81. The highest BCUT2D eigenvalue weighted by molar-refractivity contribution is 5.67. The molecule has 22 heavy (non-hydrogen) atoms. The van der Waals surface area contributed by atoms with Gasteiger partial charge < -0.3 is 19.9 Å². The summed E-state index contributed by atoms with van der Waals surface area (Å²) in [4.78, 5) is 16.0. The van der Waals surface area contributed by atoms with Gasteiger partial charge in [0, 0.05) is 26.7 Å². The molecule has 0 aromatic heterocycles. The molecule has 1 heterocycles. The van der Waals surface area contributed by atoms with Gasteiger partial charge in [0.15, 0.2) is 0 Å². The van der Waals surface area contributed by atoms with Crippen molar-refractivity contribution in [2.45, 2.75) is 46.6 Å². The highest BCUT2D eigenvalue weighted by Gasteiger charge is 2.24. The number of likely N-dealkylation sites (N-methyl/N-ethyl adjacent to an activating group) is 1. The Morgan fingerprint density at radius 1 is 1.41 bits per heavy atom. The number of nitrogens with one attached hydrogen (secondary N) is 1. The monoisotopic (exact) mass is 313 g/mol. The first-order valence-corrected chi connectivity index (χ1v) is 8.54. The summed E-state index contributed by atoms with van der Waals surface area (Å²) < 4.78 is 5.37. The minimum atomic E-state index is -0.424. The van der Waals surface area contributed by atoms with Gasteiger partial charge in [0.1, 0.15) is 5.60 Å². The first kappa shape index (κ1) is 19.2. The van der Waals surface area contributed by atoms with Crippen molar-refractivity contribution in [1.82, 2.24) is 15.1 Å². The van der Waals surface area contributed by atoms with E-state index in [0.29, 0.717) is 5.92 Å². The second-order valence-corrected chi connectivity index (χ2v) is 7.91. The third-order valence-corrected chi connectivity index (χ3v) is 3.81. The van der Waals surface area contributed by atoms with Crippen molar-refractivity contribution < 1.29 is 9.53 Å². The molecule has 0 aliphatic carbocycles. The van der Waals surface area contributed by atoms with Crippen LogP contribution in [-0.4, -0.2) is 67.8 Å². The molecular weight excluding hydrogens is 278 g/mol. The zero-order chi connectivity index (χ0) is 16.8. The zero-order valence-corrected chi connectivity index (χ0v) is 15.3. The molecule has 130 valence electrons. The summed E-state index contributed by atoms with van der Waals surface area (Å²) >= 11 is 0.